The van der Waals surface area contributed by atoms with Gasteiger partial charge in [-0.2, -0.15) is 0 Å². The molecule has 0 saturated heterocycles. The zero-order valence-corrected chi connectivity index (χ0v) is 12.5. The van der Waals surface area contributed by atoms with Gasteiger partial charge in [-0.15, -0.1) is 0 Å². The Morgan fingerprint density at radius 1 is 1.06 bits per heavy atom. The second-order valence-corrected chi connectivity index (χ2v) is 5.96. The molecule has 2 nitrogen and oxygen atoms in total. The molecule has 0 spiro atoms. The summed E-state index contributed by atoms with van der Waals surface area (Å²) in [6, 6.07) is 9.44. The van der Waals surface area contributed by atoms with Gasteiger partial charge >= 0.3 is 0 Å². The van der Waals surface area contributed by atoms with Crippen molar-refractivity contribution in [1.82, 2.24) is 4.90 Å². The summed E-state index contributed by atoms with van der Waals surface area (Å²) in [4.78, 5) is 2.26. The van der Waals surface area contributed by atoms with Gasteiger partial charge in [0.05, 0.1) is 0 Å². The average Bonchev–Trinajstić information content (AvgIpc) is 2.30. The van der Waals surface area contributed by atoms with Gasteiger partial charge in [-0.1, -0.05) is 45.0 Å². The first kappa shape index (κ1) is 15.2. The SMILES string of the molecule is CC(C)Cc1ccc(C(C(C)CN)N(C)C)cc1. The van der Waals surface area contributed by atoms with Crippen LogP contribution in [0.15, 0.2) is 24.3 Å². The summed E-state index contributed by atoms with van der Waals surface area (Å²) >= 11 is 0. The lowest BCUT2D eigenvalue weighted by Crippen LogP contribution is -2.30. The third-order valence-corrected chi connectivity index (χ3v) is 3.43. The highest BCUT2D eigenvalue weighted by Crippen LogP contribution is 2.26. The van der Waals surface area contributed by atoms with E-state index in [4.69, 9.17) is 5.73 Å². The van der Waals surface area contributed by atoms with Gasteiger partial charge in [0.15, 0.2) is 0 Å². The molecule has 0 bridgehead atoms. The van der Waals surface area contributed by atoms with Crippen molar-refractivity contribution in [2.75, 3.05) is 20.6 Å². The lowest BCUT2D eigenvalue weighted by Gasteiger charge is -2.30. The first-order chi connectivity index (χ1) is 8.45. The minimum absolute atomic E-state index is 0.406. The number of hydrogen-bond acceptors (Lipinski definition) is 2. The Morgan fingerprint density at radius 3 is 2.00 bits per heavy atom. The Labute approximate surface area is 112 Å². The van der Waals surface area contributed by atoms with Gasteiger partial charge in [-0.25, -0.2) is 0 Å². The summed E-state index contributed by atoms with van der Waals surface area (Å²) in [7, 11) is 4.25. The smallest absolute Gasteiger partial charge is 0.0379 e. The van der Waals surface area contributed by atoms with Crippen LogP contribution in [0.3, 0.4) is 0 Å². The molecule has 0 heterocycles. The number of hydrogen-bond donors (Lipinski definition) is 1. The lowest BCUT2D eigenvalue weighted by molar-refractivity contribution is 0.227. The molecule has 0 amide bonds. The van der Waals surface area contributed by atoms with Crippen LogP contribution in [0.1, 0.15) is 37.9 Å². The van der Waals surface area contributed by atoms with Crippen molar-refractivity contribution < 1.29 is 0 Å². The van der Waals surface area contributed by atoms with Gasteiger partial charge in [-0.3, -0.25) is 0 Å². The molecular weight excluding hydrogens is 220 g/mol. The Morgan fingerprint density at radius 2 is 1.61 bits per heavy atom. The summed E-state index contributed by atoms with van der Waals surface area (Å²) in [5, 5.41) is 0. The first-order valence-corrected chi connectivity index (χ1v) is 6.91. The van der Waals surface area contributed by atoms with Crippen LogP contribution >= 0.6 is 0 Å². The van der Waals surface area contributed by atoms with Crippen molar-refractivity contribution in [3.63, 3.8) is 0 Å². The summed E-state index contributed by atoms with van der Waals surface area (Å²) in [5.74, 6) is 1.18. The molecule has 1 rings (SSSR count). The highest BCUT2D eigenvalue weighted by Gasteiger charge is 2.20. The minimum Gasteiger partial charge on any atom is -0.330 e. The van der Waals surface area contributed by atoms with Crippen molar-refractivity contribution in [1.29, 1.82) is 0 Å². The molecule has 0 aromatic heterocycles. The summed E-state index contributed by atoms with van der Waals surface area (Å²) < 4.78 is 0. The van der Waals surface area contributed by atoms with Crippen LogP contribution in [0, 0.1) is 11.8 Å². The number of nitrogens with zero attached hydrogens (tertiary/aromatic N) is 1. The summed E-state index contributed by atoms with van der Waals surface area (Å²) in [6.45, 7) is 7.45. The van der Waals surface area contributed by atoms with E-state index in [-0.39, 0.29) is 0 Å². The van der Waals surface area contributed by atoms with Crippen molar-refractivity contribution in [2.45, 2.75) is 33.2 Å². The fraction of sp³-hybridized carbons (Fsp3) is 0.625. The maximum absolute atomic E-state index is 5.82. The fourth-order valence-corrected chi connectivity index (χ4v) is 2.59. The van der Waals surface area contributed by atoms with Gasteiger partial charge in [0.2, 0.25) is 0 Å². The van der Waals surface area contributed by atoms with Crippen LogP contribution in [0.25, 0.3) is 0 Å². The normalized spacial score (nSPS) is 15.1. The quantitative estimate of drug-likeness (QED) is 0.838. The molecule has 0 radical (unpaired) electrons. The molecule has 0 fully saturated rings. The zero-order chi connectivity index (χ0) is 13.7. The predicted octanol–water partition coefficient (Wildman–Crippen LogP) is 3.08. The lowest BCUT2D eigenvalue weighted by atomic mass is 9.92. The fourth-order valence-electron chi connectivity index (χ4n) is 2.59. The van der Waals surface area contributed by atoms with E-state index in [1.54, 1.807) is 0 Å². The molecule has 1 aromatic rings. The molecule has 1 aromatic carbocycles. The monoisotopic (exact) mass is 248 g/mol. The molecule has 2 heteroatoms. The Kier molecular flexibility index (Phi) is 5.83. The molecule has 2 atom stereocenters. The Balaban J connectivity index is 2.87. The standard InChI is InChI=1S/C16H28N2/c1-12(2)10-14-6-8-15(9-7-14)16(18(4)5)13(3)11-17/h6-9,12-13,16H,10-11,17H2,1-5H3. The van der Waals surface area contributed by atoms with Crippen molar-refractivity contribution in [3.05, 3.63) is 35.4 Å². The van der Waals surface area contributed by atoms with E-state index in [0.29, 0.717) is 17.9 Å². The van der Waals surface area contributed by atoms with E-state index in [1.165, 1.54) is 11.1 Å². The molecular formula is C16H28N2. The van der Waals surface area contributed by atoms with Gasteiger partial charge in [0.25, 0.3) is 0 Å². The maximum Gasteiger partial charge on any atom is 0.0379 e. The predicted molar refractivity (Wildman–Crippen MR) is 79.6 cm³/mol. The average molecular weight is 248 g/mol. The van der Waals surface area contributed by atoms with Gasteiger partial charge in [0, 0.05) is 6.04 Å². The van der Waals surface area contributed by atoms with Gasteiger partial charge in [-0.05, 0) is 50.0 Å². The molecule has 0 aliphatic rings. The van der Waals surface area contributed by atoms with Crippen LogP contribution in [0.2, 0.25) is 0 Å². The number of rotatable bonds is 6. The summed E-state index contributed by atoms with van der Waals surface area (Å²) in [5.41, 5.74) is 8.61. The second-order valence-electron chi connectivity index (χ2n) is 5.96. The molecule has 18 heavy (non-hydrogen) atoms. The van der Waals surface area contributed by atoms with E-state index in [9.17, 15) is 0 Å². The molecule has 0 aliphatic heterocycles. The Bertz CT molecular complexity index is 341. The van der Waals surface area contributed by atoms with Crippen molar-refractivity contribution in [3.8, 4) is 0 Å². The van der Waals surface area contributed by atoms with Crippen LogP contribution in [0.5, 0.6) is 0 Å². The zero-order valence-electron chi connectivity index (χ0n) is 12.5. The van der Waals surface area contributed by atoms with Crippen LogP contribution in [0.4, 0.5) is 0 Å². The number of nitrogens with two attached hydrogens (primary N) is 1. The van der Waals surface area contributed by atoms with E-state index >= 15 is 0 Å². The van der Waals surface area contributed by atoms with Crippen LogP contribution in [-0.4, -0.2) is 25.5 Å². The van der Waals surface area contributed by atoms with E-state index in [2.05, 4.69) is 64.0 Å². The van der Waals surface area contributed by atoms with Gasteiger partial charge in [0.1, 0.15) is 0 Å². The van der Waals surface area contributed by atoms with Crippen molar-refractivity contribution >= 4 is 0 Å². The van der Waals surface area contributed by atoms with E-state index < -0.39 is 0 Å². The van der Waals surface area contributed by atoms with E-state index in [1.807, 2.05) is 0 Å². The third-order valence-electron chi connectivity index (χ3n) is 3.43. The largest absolute Gasteiger partial charge is 0.330 e. The van der Waals surface area contributed by atoms with Crippen LogP contribution < -0.4 is 5.73 Å². The maximum atomic E-state index is 5.82. The van der Waals surface area contributed by atoms with Gasteiger partial charge < -0.3 is 10.6 Å². The van der Waals surface area contributed by atoms with Crippen LogP contribution in [-0.2, 0) is 6.42 Å². The number of benzene rings is 1. The highest BCUT2D eigenvalue weighted by molar-refractivity contribution is 5.26. The molecule has 2 N–H and O–H groups in total. The third kappa shape index (κ3) is 4.11. The Hall–Kier alpha value is -0.860. The molecule has 0 saturated carbocycles. The highest BCUT2D eigenvalue weighted by atomic mass is 15.1. The topological polar surface area (TPSA) is 29.3 Å². The second kappa shape index (κ2) is 6.91. The first-order valence-electron chi connectivity index (χ1n) is 6.91. The van der Waals surface area contributed by atoms with E-state index in [0.717, 1.165) is 13.0 Å². The molecule has 0 aliphatic carbocycles. The van der Waals surface area contributed by atoms with Crippen molar-refractivity contribution in [2.24, 2.45) is 17.6 Å². The molecule has 2 unspecified atom stereocenters. The summed E-state index contributed by atoms with van der Waals surface area (Å²) in [6.07, 6.45) is 1.15. The minimum atomic E-state index is 0.406. The molecule has 102 valence electrons.